The van der Waals surface area contributed by atoms with Gasteiger partial charge < -0.3 is 5.73 Å². The number of amidine groups is 1. The molecule has 3 heterocycles. The second-order valence-corrected chi connectivity index (χ2v) is 10.1. The summed E-state index contributed by atoms with van der Waals surface area (Å²) in [5.41, 5.74) is 5.30. The predicted octanol–water partition coefficient (Wildman–Crippen LogP) is 2.98. The molecule has 1 aromatic heterocycles. The summed E-state index contributed by atoms with van der Waals surface area (Å²) in [7, 11) is -2.66. The molecule has 0 saturated heterocycles. The highest BCUT2D eigenvalue weighted by Crippen LogP contribution is 2.41. The number of halogens is 2. The lowest BCUT2D eigenvalue weighted by Crippen LogP contribution is -2.56. The molecule has 0 aromatic carbocycles. The molecule has 0 radical (unpaired) electrons. The largest absolute Gasteiger partial charge is 0.386 e. The van der Waals surface area contributed by atoms with E-state index in [1.165, 1.54) is 12.1 Å². The number of hydrogen-bond acceptors (Lipinski definition) is 5. The number of nitrogens with two attached hydrogens (primary N) is 1. The van der Waals surface area contributed by atoms with Crippen molar-refractivity contribution in [2.45, 2.75) is 43.4 Å². The first kappa shape index (κ1) is 16.8. The standard InChI is InChI=1S/C15H20BrFN4OS/c1-14(12-10(17)5-6-11(16)20-12)9-23(22)15(2,13(18)21-14)7-3-4-8-19-23/h5-6H,3-4,7-9H2,1-2H3,(H2,18,21). The Morgan fingerprint density at radius 3 is 2.83 bits per heavy atom. The molecular weight excluding hydrogens is 383 g/mol. The topological polar surface area (TPSA) is 80.7 Å². The van der Waals surface area contributed by atoms with Crippen LogP contribution in [0.25, 0.3) is 0 Å². The van der Waals surface area contributed by atoms with E-state index in [0.717, 1.165) is 12.8 Å². The molecule has 0 fully saturated rings. The van der Waals surface area contributed by atoms with E-state index in [1.807, 2.05) is 6.92 Å². The van der Waals surface area contributed by atoms with Crippen LogP contribution in [-0.2, 0) is 15.3 Å². The lowest BCUT2D eigenvalue weighted by atomic mass is 9.96. The van der Waals surface area contributed by atoms with Gasteiger partial charge in [-0.2, -0.15) is 0 Å². The van der Waals surface area contributed by atoms with Crippen LogP contribution in [0.3, 0.4) is 0 Å². The summed E-state index contributed by atoms with van der Waals surface area (Å²) >= 11 is 3.26. The molecule has 0 bridgehead atoms. The zero-order valence-corrected chi connectivity index (χ0v) is 15.6. The van der Waals surface area contributed by atoms with Gasteiger partial charge in [0.2, 0.25) is 0 Å². The maximum Gasteiger partial charge on any atom is 0.147 e. The third-order valence-electron chi connectivity index (χ3n) is 4.77. The molecule has 23 heavy (non-hydrogen) atoms. The van der Waals surface area contributed by atoms with Crippen molar-refractivity contribution in [1.82, 2.24) is 4.98 Å². The summed E-state index contributed by atoms with van der Waals surface area (Å²) in [5, 5.41) is 0. The van der Waals surface area contributed by atoms with Crippen molar-refractivity contribution in [3.8, 4) is 0 Å². The first-order valence-electron chi connectivity index (χ1n) is 7.59. The van der Waals surface area contributed by atoms with Crippen molar-refractivity contribution in [1.29, 1.82) is 0 Å². The Kier molecular flexibility index (Phi) is 4.03. The average Bonchev–Trinajstić information content (AvgIpc) is 2.61. The fraction of sp³-hybridized carbons (Fsp3) is 0.600. The van der Waals surface area contributed by atoms with Crippen molar-refractivity contribution in [3.63, 3.8) is 0 Å². The van der Waals surface area contributed by atoms with E-state index in [0.29, 0.717) is 23.4 Å². The van der Waals surface area contributed by atoms with Crippen LogP contribution in [-0.4, -0.2) is 32.1 Å². The van der Waals surface area contributed by atoms with Gasteiger partial charge in [0.25, 0.3) is 0 Å². The first-order chi connectivity index (χ1) is 10.7. The Hall–Kier alpha value is -1.02. The summed E-state index contributed by atoms with van der Waals surface area (Å²) in [6.07, 6.45) is 2.49. The summed E-state index contributed by atoms with van der Waals surface area (Å²) in [6.45, 7) is 4.14. The van der Waals surface area contributed by atoms with Crippen molar-refractivity contribution in [2.24, 2.45) is 15.1 Å². The molecule has 0 saturated carbocycles. The number of nitrogens with zero attached hydrogens (tertiary/aromatic N) is 3. The molecule has 2 aliphatic rings. The van der Waals surface area contributed by atoms with Crippen LogP contribution in [0.15, 0.2) is 26.1 Å². The van der Waals surface area contributed by atoms with Crippen LogP contribution in [0.2, 0.25) is 0 Å². The minimum absolute atomic E-state index is 0.136. The highest BCUT2D eigenvalue weighted by Gasteiger charge is 2.51. The van der Waals surface area contributed by atoms with Crippen LogP contribution in [0.5, 0.6) is 0 Å². The molecule has 1 aromatic rings. The number of pyridine rings is 1. The predicted molar refractivity (Wildman–Crippen MR) is 93.4 cm³/mol. The second-order valence-electron chi connectivity index (χ2n) is 6.56. The molecule has 3 rings (SSSR count). The van der Waals surface area contributed by atoms with Gasteiger partial charge in [-0.25, -0.2) is 17.9 Å². The summed E-state index contributed by atoms with van der Waals surface area (Å²) in [5.74, 6) is -0.0482. The molecule has 8 heteroatoms. The third-order valence-corrected chi connectivity index (χ3v) is 8.59. The van der Waals surface area contributed by atoms with Crippen molar-refractivity contribution in [3.05, 3.63) is 28.2 Å². The van der Waals surface area contributed by atoms with Crippen LogP contribution in [0.4, 0.5) is 4.39 Å². The van der Waals surface area contributed by atoms with Crippen molar-refractivity contribution in [2.75, 3.05) is 12.3 Å². The Morgan fingerprint density at radius 2 is 2.09 bits per heavy atom. The van der Waals surface area contributed by atoms with E-state index < -0.39 is 25.8 Å². The van der Waals surface area contributed by atoms with Crippen LogP contribution >= 0.6 is 15.9 Å². The highest BCUT2D eigenvalue weighted by atomic mass is 79.9. The second kappa shape index (κ2) is 5.51. The summed E-state index contributed by atoms with van der Waals surface area (Å²) in [4.78, 5) is 8.79. The molecule has 3 unspecified atom stereocenters. The molecular formula is C15H20BrFN4OS. The van der Waals surface area contributed by atoms with Gasteiger partial charge in [0.1, 0.15) is 32.2 Å². The molecule has 0 aliphatic carbocycles. The first-order valence-corrected chi connectivity index (χ1v) is 10.1. The SMILES string of the molecule is CC1(c2nc(Br)ccc2F)CS2(=O)=NCCCCC2(C)C(N)=N1. The molecule has 2 aliphatic heterocycles. The summed E-state index contributed by atoms with van der Waals surface area (Å²) < 4.78 is 32.2. The van der Waals surface area contributed by atoms with Gasteiger partial charge >= 0.3 is 0 Å². The van der Waals surface area contributed by atoms with Gasteiger partial charge in [-0.15, -0.1) is 0 Å². The van der Waals surface area contributed by atoms with Crippen LogP contribution < -0.4 is 5.73 Å². The lowest BCUT2D eigenvalue weighted by Gasteiger charge is -2.41. The van der Waals surface area contributed by atoms with Gasteiger partial charge in [-0.05, 0) is 61.2 Å². The zero-order valence-electron chi connectivity index (χ0n) is 13.2. The van der Waals surface area contributed by atoms with E-state index in [1.54, 1.807) is 6.92 Å². The van der Waals surface area contributed by atoms with Gasteiger partial charge in [0.15, 0.2) is 0 Å². The highest BCUT2D eigenvalue weighted by molar-refractivity contribution is 9.10. The molecule has 126 valence electrons. The fourth-order valence-corrected chi connectivity index (χ4v) is 6.53. The van der Waals surface area contributed by atoms with Gasteiger partial charge in [-0.1, -0.05) is 0 Å². The minimum atomic E-state index is -2.66. The maximum atomic E-state index is 14.3. The van der Waals surface area contributed by atoms with Gasteiger partial charge in [-0.3, -0.25) is 4.99 Å². The third kappa shape index (κ3) is 2.59. The lowest BCUT2D eigenvalue weighted by molar-refractivity contribution is 0.467. The number of rotatable bonds is 1. The van der Waals surface area contributed by atoms with E-state index in [9.17, 15) is 8.60 Å². The quantitative estimate of drug-likeness (QED) is 0.732. The minimum Gasteiger partial charge on any atom is -0.386 e. The Morgan fingerprint density at radius 1 is 1.35 bits per heavy atom. The number of fused-ring (bicyclic) bond motifs is 1. The normalized spacial score (nSPS) is 37.3. The van der Waals surface area contributed by atoms with E-state index in [-0.39, 0.29) is 11.4 Å². The number of aromatic nitrogens is 1. The monoisotopic (exact) mass is 402 g/mol. The van der Waals surface area contributed by atoms with Crippen LogP contribution in [0, 0.1) is 5.82 Å². The van der Waals surface area contributed by atoms with E-state index in [4.69, 9.17) is 5.73 Å². The van der Waals surface area contributed by atoms with Gasteiger partial charge in [0.05, 0.1) is 15.5 Å². The molecule has 3 atom stereocenters. The molecule has 5 nitrogen and oxygen atoms in total. The number of hydrogen-bond donors (Lipinski definition) is 1. The van der Waals surface area contributed by atoms with Crippen LogP contribution in [0.1, 0.15) is 38.8 Å². The van der Waals surface area contributed by atoms with Gasteiger partial charge in [0, 0.05) is 6.54 Å². The Bertz CT molecular complexity index is 805. The van der Waals surface area contributed by atoms with Crippen molar-refractivity contribution < 1.29 is 8.60 Å². The number of aliphatic imine (C=N–C) groups is 1. The Labute approximate surface area is 144 Å². The van der Waals surface area contributed by atoms with E-state index in [2.05, 4.69) is 30.3 Å². The molecule has 0 amide bonds. The fourth-order valence-electron chi connectivity index (χ4n) is 3.30. The van der Waals surface area contributed by atoms with E-state index >= 15 is 0 Å². The average molecular weight is 403 g/mol. The van der Waals surface area contributed by atoms with Crippen molar-refractivity contribution >= 4 is 31.5 Å². The summed E-state index contributed by atoms with van der Waals surface area (Å²) in [6, 6.07) is 2.85. The molecule has 0 spiro atoms. The zero-order chi connectivity index (χ0) is 16.9. The maximum absolute atomic E-state index is 14.3. The Balaban J connectivity index is 2.22. The molecule has 2 N–H and O–H groups in total. The smallest absolute Gasteiger partial charge is 0.147 e.